The van der Waals surface area contributed by atoms with Crippen molar-refractivity contribution in [1.82, 2.24) is 10.2 Å². The van der Waals surface area contributed by atoms with Crippen molar-refractivity contribution in [2.24, 2.45) is 0 Å². The fraction of sp³-hybridized carbons (Fsp3) is 0.167. The molecule has 0 bridgehead atoms. The third-order valence-corrected chi connectivity index (χ3v) is 3.69. The number of fused-ring (bicyclic) bond motifs is 1. The Morgan fingerprint density at radius 3 is 2.50 bits per heavy atom. The predicted octanol–water partition coefficient (Wildman–Crippen LogP) is 3.00. The number of aromatic nitrogens is 2. The van der Waals surface area contributed by atoms with Gasteiger partial charge in [0.1, 0.15) is 5.75 Å². The highest BCUT2D eigenvalue weighted by atomic mass is 16.5. The van der Waals surface area contributed by atoms with E-state index in [-0.39, 0.29) is 11.5 Å². The first kappa shape index (κ1) is 15.7. The zero-order chi connectivity index (χ0) is 17.1. The topological polar surface area (TPSA) is 81.3 Å². The minimum absolute atomic E-state index is 0.167. The smallest absolute Gasteiger partial charge is 0.360 e. The lowest BCUT2D eigenvalue weighted by Crippen LogP contribution is -2.24. The van der Waals surface area contributed by atoms with E-state index >= 15 is 0 Å². The fourth-order valence-electron chi connectivity index (χ4n) is 2.38. The summed E-state index contributed by atoms with van der Waals surface area (Å²) < 4.78 is 10.3. The van der Waals surface area contributed by atoms with Crippen molar-refractivity contribution in [2.45, 2.75) is 13.0 Å². The van der Waals surface area contributed by atoms with Gasteiger partial charge in [0.25, 0.3) is 0 Å². The van der Waals surface area contributed by atoms with Gasteiger partial charge in [0.05, 0.1) is 12.6 Å². The van der Waals surface area contributed by atoms with Crippen LogP contribution in [0.3, 0.4) is 0 Å². The van der Waals surface area contributed by atoms with Crippen molar-refractivity contribution in [3.63, 3.8) is 0 Å². The molecule has 0 saturated carbocycles. The molecule has 0 aliphatic rings. The van der Waals surface area contributed by atoms with E-state index in [1.165, 1.54) is 0 Å². The Balaban J connectivity index is 1.74. The van der Waals surface area contributed by atoms with E-state index < -0.39 is 12.1 Å². The summed E-state index contributed by atoms with van der Waals surface area (Å²) in [5, 5.41) is 7.40. The van der Waals surface area contributed by atoms with Crippen LogP contribution in [0.1, 0.15) is 27.8 Å². The molecule has 24 heavy (non-hydrogen) atoms. The number of benzene rings is 2. The Morgan fingerprint density at radius 2 is 1.79 bits per heavy atom. The average Bonchev–Trinajstić information content (AvgIpc) is 3.05. The maximum absolute atomic E-state index is 12.4. The molecule has 0 radical (unpaired) electrons. The number of methoxy groups -OCH3 is 1. The number of rotatable bonds is 5. The number of hydrogen-bond donors (Lipinski definition) is 1. The van der Waals surface area contributed by atoms with Crippen molar-refractivity contribution in [1.29, 1.82) is 0 Å². The van der Waals surface area contributed by atoms with Crippen LogP contribution in [0.5, 0.6) is 5.75 Å². The molecule has 1 aromatic heterocycles. The molecule has 2 aromatic carbocycles. The van der Waals surface area contributed by atoms with E-state index in [1.54, 1.807) is 50.4 Å². The zero-order valence-electron chi connectivity index (χ0n) is 13.3. The Hall–Kier alpha value is -3.15. The lowest BCUT2D eigenvalue weighted by Gasteiger charge is -2.12. The summed E-state index contributed by atoms with van der Waals surface area (Å²) in [6, 6.07) is 13.9. The second-order valence-electron chi connectivity index (χ2n) is 5.26. The van der Waals surface area contributed by atoms with Crippen molar-refractivity contribution >= 4 is 22.7 Å². The van der Waals surface area contributed by atoms with Crippen LogP contribution in [0.25, 0.3) is 10.9 Å². The minimum atomic E-state index is -0.915. The minimum Gasteiger partial charge on any atom is -0.497 e. The molecule has 0 aliphatic heterocycles. The van der Waals surface area contributed by atoms with E-state index in [1.807, 2.05) is 12.1 Å². The number of nitrogens with one attached hydrogen (secondary N) is 1. The van der Waals surface area contributed by atoms with Gasteiger partial charge in [-0.2, -0.15) is 5.10 Å². The molecule has 0 aliphatic carbocycles. The normalized spacial score (nSPS) is 11.9. The van der Waals surface area contributed by atoms with Crippen LogP contribution >= 0.6 is 0 Å². The highest BCUT2D eigenvalue weighted by molar-refractivity contribution is 6.04. The number of carbonyl (C=O) groups excluding carboxylic acids is 2. The summed E-state index contributed by atoms with van der Waals surface area (Å²) >= 11 is 0. The molecule has 6 heteroatoms. The van der Waals surface area contributed by atoms with Gasteiger partial charge in [-0.15, -0.1) is 0 Å². The Morgan fingerprint density at radius 1 is 1.08 bits per heavy atom. The number of carbonyl (C=O) groups is 2. The molecule has 0 spiro atoms. The predicted molar refractivity (Wildman–Crippen MR) is 88.3 cm³/mol. The van der Waals surface area contributed by atoms with E-state index in [9.17, 15) is 9.59 Å². The van der Waals surface area contributed by atoms with E-state index in [0.717, 1.165) is 5.52 Å². The van der Waals surface area contributed by atoms with Crippen molar-refractivity contribution < 1.29 is 19.1 Å². The number of nitrogens with zero attached hydrogens (tertiary/aromatic N) is 1. The summed E-state index contributed by atoms with van der Waals surface area (Å²) in [6.45, 7) is 1.54. The van der Waals surface area contributed by atoms with Crippen molar-refractivity contribution in [3.05, 3.63) is 59.8 Å². The molecule has 0 fully saturated rings. The summed E-state index contributed by atoms with van der Waals surface area (Å²) in [5.74, 6) is -0.271. The first-order valence-electron chi connectivity index (χ1n) is 7.42. The van der Waals surface area contributed by atoms with Crippen molar-refractivity contribution in [2.75, 3.05) is 7.11 Å². The highest BCUT2D eigenvalue weighted by Crippen LogP contribution is 2.18. The van der Waals surface area contributed by atoms with Gasteiger partial charge in [0.15, 0.2) is 11.8 Å². The first-order chi connectivity index (χ1) is 11.6. The molecule has 1 heterocycles. The van der Waals surface area contributed by atoms with Crippen LogP contribution < -0.4 is 4.74 Å². The van der Waals surface area contributed by atoms with Crippen molar-refractivity contribution in [3.8, 4) is 5.75 Å². The quantitative estimate of drug-likeness (QED) is 0.576. The highest BCUT2D eigenvalue weighted by Gasteiger charge is 2.23. The molecule has 0 unspecified atom stereocenters. The van der Waals surface area contributed by atoms with E-state index in [4.69, 9.17) is 9.47 Å². The standard InChI is InChI=1S/C18H16N2O4/c1-11(17(21)12-7-9-13(23-2)10-8-12)24-18(22)16-14-5-3-4-6-15(14)19-20-16/h3-11H,1-2H3,(H,19,20)/t11-/m1/s1. The third kappa shape index (κ3) is 2.99. The molecule has 1 atom stereocenters. The SMILES string of the molecule is COc1ccc(C(=O)[C@@H](C)OC(=O)c2n[nH]c3ccccc23)cc1. The Labute approximate surface area is 138 Å². The number of esters is 1. The summed E-state index contributed by atoms with van der Waals surface area (Å²) in [5.41, 5.74) is 1.35. The van der Waals surface area contributed by atoms with Gasteiger partial charge in [-0.1, -0.05) is 18.2 Å². The van der Waals surface area contributed by atoms with Crippen LogP contribution in [0.4, 0.5) is 0 Å². The van der Waals surface area contributed by atoms with Gasteiger partial charge in [0, 0.05) is 10.9 Å². The molecule has 1 N–H and O–H groups in total. The van der Waals surface area contributed by atoms with Crippen LogP contribution in [0.15, 0.2) is 48.5 Å². The molecule has 6 nitrogen and oxygen atoms in total. The molecular formula is C18H16N2O4. The summed E-state index contributed by atoms with van der Waals surface area (Å²) in [6.07, 6.45) is -0.915. The first-order valence-corrected chi connectivity index (χ1v) is 7.42. The Kier molecular flexibility index (Phi) is 4.29. The zero-order valence-corrected chi connectivity index (χ0v) is 13.3. The van der Waals surface area contributed by atoms with Crippen LogP contribution in [0.2, 0.25) is 0 Å². The molecule has 122 valence electrons. The van der Waals surface area contributed by atoms with E-state index in [0.29, 0.717) is 16.7 Å². The average molecular weight is 324 g/mol. The molecule has 0 saturated heterocycles. The van der Waals surface area contributed by atoms with Gasteiger partial charge < -0.3 is 9.47 Å². The van der Waals surface area contributed by atoms with Gasteiger partial charge in [0.2, 0.25) is 5.78 Å². The number of H-pyrrole nitrogens is 1. The fourth-order valence-corrected chi connectivity index (χ4v) is 2.38. The maximum atomic E-state index is 12.4. The van der Waals surface area contributed by atoms with Gasteiger partial charge in [-0.05, 0) is 37.3 Å². The number of para-hydroxylation sites is 1. The maximum Gasteiger partial charge on any atom is 0.360 e. The molecule has 3 aromatic rings. The summed E-state index contributed by atoms with van der Waals surface area (Å²) in [7, 11) is 1.55. The number of aromatic amines is 1. The molecule has 3 rings (SSSR count). The second-order valence-corrected chi connectivity index (χ2v) is 5.26. The van der Waals surface area contributed by atoms with Gasteiger partial charge >= 0.3 is 5.97 Å². The van der Waals surface area contributed by atoms with E-state index in [2.05, 4.69) is 10.2 Å². The second kappa shape index (κ2) is 6.54. The molecular weight excluding hydrogens is 308 g/mol. The number of ether oxygens (including phenoxy) is 2. The largest absolute Gasteiger partial charge is 0.497 e. The van der Waals surface area contributed by atoms with Crippen LogP contribution in [-0.2, 0) is 4.74 Å². The van der Waals surface area contributed by atoms with Gasteiger partial charge in [-0.25, -0.2) is 4.79 Å². The molecule has 0 amide bonds. The Bertz CT molecular complexity index is 883. The lowest BCUT2D eigenvalue weighted by atomic mass is 10.1. The number of hydrogen-bond acceptors (Lipinski definition) is 5. The lowest BCUT2D eigenvalue weighted by molar-refractivity contribution is 0.0315. The monoisotopic (exact) mass is 324 g/mol. The van der Waals surface area contributed by atoms with Crippen LogP contribution in [-0.4, -0.2) is 35.2 Å². The van der Waals surface area contributed by atoms with Crippen LogP contribution in [0, 0.1) is 0 Å². The summed E-state index contributed by atoms with van der Waals surface area (Å²) in [4.78, 5) is 24.7. The number of Topliss-reactive ketones (excluding diaryl/α,β-unsaturated/α-hetero) is 1. The number of ketones is 1. The third-order valence-electron chi connectivity index (χ3n) is 3.69. The van der Waals surface area contributed by atoms with Gasteiger partial charge in [-0.3, -0.25) is 9.89 Å².